The van der Waals surface area contributed by atoms with Crippen molar-refractivity contribution in [2.75, 3.05) is 32.4 Å². The molecule has 0 aromatic rings. The van der Waals surface area contributed by atoms with Crippen LogP contribution in [0.1, 0.15) is 99.8 Å². The molecule has 6 atom stereocenters. The van der Waals surface area contributed by atoms with Gasteiger partial charge in [0, 0.05) is 26.7 Å². The van der Waals surface area contributed by atoms with E-state index in [9.17, 15) is 32.4 Å². The molecule has 14 heteroatoms. The zero-order chi connectivity index (χ0) is 36.9. The van der Waals surface area contributed by atoms with Crippen molar-refractivity contribution in [3.8, 4) is 0 Å². The van der Waals surface area contributed by atoms with Crippen LogP contribution in [0.25, 0.3) is 0 Å². The van der Waals surface area contributed by atoms with Gasteiger partial charge in [0.15, 0.2) is 0 Å². The van der Waals surface area contributed by atoms with Gasteiger partial charge in [0.05, 0.1) is 17.8 Å². The normalized spacial score (nSPS) is 24.2. The molecule has 3 aliphatic rings. The molecule has 5 amide bonds. The molecular weight excluding hydrogens is 648 g/mol. The molecule has 0 aromatic carbocycles. The summed E-state index contributed by atoms with van der Waals surface area (Å²) in [4.78, 5) is 69.6. The van der Waals surface area contributed by atoms with E-state index in [0.717, 1.165) is 25.7 Å². The van der Waals surface area contributed by atoms with Gasteiger partial charge in [-0.2, -0.15) is 0 Å². The second-order valence-corrected chi connectivity index (χ2v) is 17.5. The number of carbonyl (C=O) groups is 5. The van der Waals surface area contributed by atoms with Crippen molar-refractivity contribution in [3.05, 3.63) is 12.2 Å². The fourth-order valence-corrected chi connectivity index (χ4v) is 8.57. The number of Topliss-reactive ketones (excluding diaryl/α,β-unsaturated/α-hetero) is 1. The Morgan fingerprint density at radius 2 is 1.59 bits per heavy atom. The Hall–Kier alpha value is -3.00. The Labute approximate surface area is 293 Å². The first kappa shape index (κ1) is 40.4. The number of sulfonamides is 1. The molecule has 0 aromatic heterocycles. The Bertz CT molecular complexity index is 1380. The van der Waals surface area contributed by atoms with Crippen LogP contribution in [0.5, 0.6) is 0 Å². The van der Waals surface area contributed by atoms with Crippen LogP contribution in [-0.4, -0.2) is 104 Å². The van der Waals surface area contributed by atoms with E-state index in [4.69, 9.17) is 0 Å². The minimum absolute atomic E-state index is 0.0180. The molecule has 1 unspecified atom stereocenters. The van der Waals surface area contributed by atoms with Crippen molar-refractivity contribution in [1.29, 1.82) is 0 Å². The number of likely N-dealkylation sites (N-methyl/N-ethyl adjacent to an activating group) is 2. The monoisotopic (exact) mass is 708 g/mol. The fraction of sp³-hybridized carbons (Fsp3) is 0.800. The number of fused-ring (bicyclic) bond motifs is 1. The van der Waals surface area contributed by atoms with E-state index in [1.165, 1.54) is 11.4 Å². The standard InChI is InChI=1S/C35H60N6O7S/c1-10-13-17-24(28(42)31(44)36-11-2)37-30(43)27-26-23(34(26,6)7)20-41(27)32(45)29(35(8)18-15-14-16-19-35)39-33(46)38-25(22(4)5)21-40(9)49(47,48)12-3/h23-27,29H,4,10-21H2,1-3,5-9H3,(H,36,44)(H,37,43)(H2,38,39,46)/t23-,24?,25+,26-,27-,29+/m0/s1. The summed E-state index contributed by atoms with van der Waals surface area (Å²) in [6.07, 6.45) is 5.91. The summed E-state index contributed by atoms with van der Waals surface area (Å²) in [6, 6.07) is -4.17. The first-order chi connectivity index (χ1) is 22.9. The average molecular weight is 709 g/mol. The lowest BCUT2D eigenvalue weighted by Gasteiger charge is -2.43. The molecule has 1 heterocycles. The highest BCUT2D eigenvalue weighted by Gasteiger charge is 2.70. The van der Waals surface area contributed by atoms with Gasteiger partial charge in [0.25, 0.3) is 5.91 Å². The molecule has 2 saturated carbocycles. The topological polar surface area (TPSA) is 174 Å². The van der Waals surface area contributed by atoms with Gasteiger partial charge >= 0.3 is 6.03 Å². The third kappa shape index (κ3) is 9.22. The molecule has 2 aliphatic carbocycles. The van der Waals surface area contributed by atoms with E-state index in [2.05, 4.69) is 41.7 Å². The molecule has 13 nitrogen and oxygen atoms in total. The second kappa shape index (κ2) is 16.3. The molecular formula is C35H60N6O7S. The predicted octanol–water partition coefficient (Wildman–Crippen LogP) is 2.71. The number of nitrogens with zero attached hydrogens (tertiary/aromatic N) is 2. The number of unbranched alkanes of at least 4 members (excludes halogenated alkanes) is 1. The SMILES string of the molecule is C=C(C)[C@@H](CN(C)S(=O)(=O)CC)NC(=O)N[C@H](C(=O)N1C[C@H]2[C@@H]([C@H]1C(=O)NC(CCCC)C(=O)C(=O)NCC)C2(C)C)C1(C)CCCCC1. The van der Waals surface area contributed by atoms with Gasteiger partial charge in [-0.3, -0.25) is 19.2 Å². The number of amides is 5. The largest absolute Gasteiger partial charge is 0.350 e. The summed E-state index contributed by atoms with van der Waals surface area (Å²) in [7, 11) is -2.06. The highest BCUT2D eigenvalue weighted by molar-refractivity contribution is 7.89. The van der Waals surface area contributed by atoms with Crippen LogP contribution < -0.4 is 21.3 Å². The number of piperidine rings is 1. The lowest BCUT2D eigenvalue weighted by Crippen LogP contribution is -2.63. The zero-order valence-corrected chi connectivity index (χ0v) is 31.6. The molecule has 0 bridgehead atoms. The van der Waals surface area contributed by atoms with E-state index in [1.807, 2.05) is 13.8 Å². The zero-order valence-electron chi connectivity index (χ0n) is 30.8. The van der Waals surface area contributed by atoms with Crippen molar-refractivity contribution in [3.63, 3.8) is 0 Å². The summed E-state index contributed by atoms with van der Waals surface area (Å²) in [5.41, 5.74) is -0.233. The van der Waals surface area contributed by atoms with E-state index < -0.39 is 63.2 Å². The van der Waals surface area contributed by atoms with Gasteiger partial charge in [-0.05, 0) is 62.7 Å². The van der Waals surface area contributed by atoms with Gasteiger partial charge in [0.1, 0.15) is 12.1 Å². The number of hydrogen-bond acceptors (Lipinski definition) is 7. The molecule has 0 spiro atoms. The summed E-state index contributed by atoms with van der Waals surface area (Å²) < 4.78 is 26.0. The lowest BCUT2D eigenvalue weighted by molar-refractivity contribution is -0.146. The average Bonchev–Trinajstić information content (AvgIpc) is 3.34. The molecule has 1 aliphatic heterocycles. The van der Waals surface area contributed by atoms with Crippen LogP contribution in [0, 0.1) is 22.7 Å². The highest BCUT2D eigenvalue weighted by Crippen LogP contribution is 2.65. The first-order valence-electron chi connectivity index (χ1n) is 18.0. The number of ketones is 1. The van der Waals surface area contributed by atoms with Crippen LogP contribution in [0.3, 0.4) is 0 Å². The van der Waals surface area contributed by atoms with E-state index in [1.54, 1.807) is 25.7 Å². The van der Waals surface area contributed by atoms with Crippen molar-refractivity contribution >= 4 is 39.6 Å². The molecule has 1 saturated heterocycles. The van der Waals surface area contributed by atoms with Crippen LogP contribution in [0.15, 0.2) is 12.2 Å². The third-order valence-corrected chi connectivity index (χ3v) is 13.0. The van der Waals surface area contributed by atoms with E-state index in [0.29, 0.717) is 37.8 Å². The summed E-state index contributed by atoms with van der Waals surface area (Å²) in [5, 5.41) is 11.2. The van der Waals surface area contributed by atoms with Crippen LogP contribution in [0.4, 0.5) is 4.79 Å². The molecule has 49 heavy (non-hydrogen) atoms. The van der Waals surface area contributed by atoms with Crippen LogP contribution >= 0.6 is 0 Å². The van der Waals surface area contributed by atoms with Crippen molar-refractivity contribution in [2.45, 2.75) is 124 Å². The number of carbonyl (C=O) groups excluding carboxylic acids is 5. The predicted molar refractivity (Wildman–Crippen MR) is 189 cm³/mol. The van der Waals surface area contributed by atoms with Crippen LogP contribution in [0.2, 0.25) is 0 Å². The Morgan fingerprint density at radius 1 is 0.959 bits per heavy atom. The van der Waals surface area contributed by atoms with Crippen molar-refractivity contribution in [2.24, 2.45) is 22.7 Å². The Balaban J connectivity index is 1.90. The highest BCUT2D eigenvalue weighted by atomic mass is 32.2. The summed E-state index contributed by atoms with van der Waals surface area (Å²) in [5.74, 6) is -2.44. The molecule has 4 N–H and O–H groups in total. The minimum Gasteiger partial charge on any atom is -0.350 e. The van der Waals surface area contributed by atoms with Gasteiger partial charge < -0.3 is 26.2 Å². The summed E-state index contributed by atoms with van der Waals surface area (Å²) >= 11 is 0. The number of urea groups is 1. The molecule has 3 rings (SSSR count). The molecule has 278 valence electrons. The van der Waals surface area contributed by atoms with E-state index in [-0.39, 0.29) is 42.0 Å². The molecule has 3 fully saturated rings. The van der Waals surface area contributed by atoms with Gasteiger partial charge in [-0.1, -0.05) is 72.0 Å². The second-order valence-electron chi connectivity index (χ2n) is 15.2. The maximum absolute atomic E-state index is 14.7. The number of hydrogen-bond donors (Lipinski definition) is 4. The minimum atomic E-state index is -3.51. The fourth-order valence-electron chi connectivity index (χ4n) is 7.75. The van der Waals surface area contributed by atoms with Crippen molar-refractivity contribution in [1.82, 2.24) is 30.5 Å². The number of likely N-dealkylation sites (tertiary alicyclic amines) is 1. The van der Waals surface area contributed by atoms with Gasteiger partial charge in [-0.15, -0.1) is 0 Å². The van der Waals surface area contributed by atoms with Gasteiger partial charge in [0.2, 0.25) is 27.6 Å². The molecule has 0 radical (unpaired) electrons. The van der Waals surface area contributed by atoms with Gasteiger partial charge in [-0.25, -0.2) is 17.5 Å². The van der Waals surface area contributed by atoms with E-state index >= 15 is 0 Å². The Morgan fingerprint density at radius 3 is 2.14 bits per heavy atom. The lowest BCUT2D eigenvalue weighted by atomic mass is 9.70. The maximum Gasteiger partial charge on any atom is 0.315 e. The van der Waals surface area contributed by atoms with Crippen LogP contribution in [-0.2, 0) is 29.2 Å². The number of rotatable bonds is 17. The smallest absolute Gasteiger partial charge is 0.315 e. The maximum atomic E-state index is 14.7. The summed E-state index contributed by atoms with van der Waals surface area (Å²) in [6.45, 7) is 17.6. The Kier molecular flexibility index (Phi) is 13.5. The third-order valence-electron chi connectivity index (χ3n) is 11.2. The number of nitrogens with one attached hydrogen (secondary N) is 4. The van der Waals surface area contributed by atoms with Crippen molar-refractivity contribution < 1.29 is 32.4 Å². The first-order valence-corrected chi connectivity index (χ1v) is 19.6. The quantitative estimate of drug-likeness (QED) is 0.133.